The molecule has 0 spiro atoms. The number of imidazole rings is 1. The Morgan fingerprint density at radius 1 is 1.02 bits per heavy atom. The number of nitro groups is 1. The minimum absolute atomic E-state index is 0.0257. The van der Waals surface area contributed by atoms with Crippen molar-refractivity contribution in [1.29, 1.82) is 0 Å². The molecule has 0 radical (unpaired) electrons. The lowest BCUT2D eigenvalue weighted by molar-refractivity contribution is -0.384. The average molecular weight is 624 g/mol. The van der Waals surface area contributed by atoms with E-state index in [0.29, 0.717) is 32.6 Å². The third kappa shape index (κ3) is 5.94. The van der Waals surface area contributed by atoms with E-state index in [0.717, 1.165) is 4.57 Å². The summed E-state index contributed by atoms with van der Waals surface area (Å²) in [4.78, 5) is 40.7. The zero-order valence-electron chi connectivity index (χ0n) is 22.9. The van der Waals surface area contributed by atoms with Gasteiger partial charge in [0.15, 0.2) is 22.7 Å². The number of benzene rings is 3. The summed E-state index contributed by atoms with van der Waals surface area (Å²) in [7, 11) is 4.37. The van der Waals surface area contributed by atoms with Crippen LogP contribution in [0.1, 0.15) is 11.1 Å². The van der Waals surface area contributed by atoms with Crippen molar-refractivity contribution >= 4 is 52.0 Å². The molecular weight excluding hydrogens is 601 g/mol. The number of halogens is 2. The summed E-state index contributed by atoms with van der Waals surface area (Å²) in [5.41, 5.74) is 3.82. The van der Waals surface area contributed by atoms with E-state index in [4.69, 9.17) is 32.7 Å². The fourth-order valence-corrected chi connectivity index (χ4v) is 4.73. The Labute approximate surface area is 253 Å². The number of fused-ring (bicyclic) bond motifs is 1. The zero-order chi connectivity index (χ0) is 30.8. The first-order valence-electron chi connectivity index (χ1n) is 12.6. The molecule has 0 aliphatic heterocycles. The molecule has 5 rings (SSSR count). The smallest absolute Gasteiger partial charge is 0.332 e. The summed E-state index contributed by atoms with van der Waals surface area (Å²) in [5.74, 6) is 0.618. The highest BCUT2D eigenvalue weighted by molar-refractivity contribution is 6.35. The van der Waals surface area contributed by atoms with Gasteiger partial charge in [0.1, 0.15) is 0 Å². The molecule has 5 aromatic rings. The standard InChI is InChI=1S/C28H23Cl2N7O6/c1-34-25-24(26(38)35(2)28(34)39)36(15-17-5-6-18(29)13-21(17)30)27(32-25)43-22-11-4-16(12-23(22)42-3)14-31-33-19-7-9-20(10-8-19)37(40)41/h4-14,33H,15H2,1-3H3/b31-14-. The number of aromatic nitrogens is 4. The van der Waals surface area contributed by atoms with E-state index >= 15 is 0 Å². The Morgan fingerprint density at radius 3 is 2.44 bits per heavy atom. The summed E-state index contributed by atoms with van der Waals surface area (Å²) in [6.07, 6.45) is 1.53. The van der Waals surface area contributed by atoms with Crippen molar-refractivity contribution in [2.24, 2.45) is 19.2 Å². The molecule has 220 valence electrons. The number of aryl methyl sites for hydroxylation is 1. The summed E-state index contributed by atoms with van der Waals surface area (Å²) in [5, 5.41) is 15.8. The molecule has 3 aromatic carbocycles. The molecule has 0 atom stereocenters. The van der Waals surface area contributed by atoms with Gasteiger partial charge in [0, 0.05) is 36.3 Å². The lowest BCUT2D eigenvalue weighted by atomic mass is 10.2. The molecule has 0 bridgehead atoms. The van der Waals surface area contributed by atoms with Crippen LogP contribution in [0, 0.1) is 10.1 Å². The molecule has 15 heteroatoms. The normalized spacial score (nSPS) is 11.3. The van der Waals surface area contributed by atoms with Gasteiger partial charge in [-0.2, -0.15) is 10.1 Å². The molecule has 0 fully saturated rings. The van der Waals surface area contributed by atoms with E-state index < -0.39 is 16.2 Å². The number of ether oxygens (including phenoxy) is 2. The second-order valence-corrected chi connectivity index (χ2v) is 10.1. The van der Waals surface area contributed by atoms with Gasteiger partial charge in [-0.3, -0.25) is 34.0 Å². The van der Waals surface area contributed by atoms with Gasteiger partial charge in [-0.15, -0.1) is 0 Å². The predicted molar refractivity (Wildman–Crippen MR) is 163 cm³/mol. The number of nitro benzene ring substituents is 1. The fourth-order valence-electron chi connectivity index (χ4n) is 4.26. The topological polar surface area (TPSA) is 148 Å². The molecule has 2 aromatic heterocycles. The van der Waals surface area contributed by atoms with Gasteiger partial charge < -0.3 is 9.47 Å². The second-order valence-electron chi connectivity index (χ2n) is 9.28. The second kappa shape index (κ2) is 12.0. The van der Waals surface area contributed by atoms with Crippen molar-refractivity contribution in [2.75, 3.05) is 12.5 Å². The number of nitrogens with one attached hydrogen (secondary N) is 1. The number of hydrazone groups is 1. The number of hydrogen-bond acceptors (Lipinski definition) is 9. The van der Waals surface area contributed by atoms with E-state index in [1.807, 2.05) is 0 Å². The quantitative estimate of drug-likeness (QED) is 0.138. The van der Waals surface area contributed by atoms with E-state index in [-0.39, 0.29) is 35.2 Å². The number of anilines is 1. The summed E-state index contributed by atoms with van der Waals surface area (Å²) in [6, 6.07) is 15.9. The Bertz CT molecular complexity index is 2020. The van der Waals surface area contributed by atoms with Gasteiger partial charge in [-0.05, 0) is 53.6 Å². The molecule has 0 aliphatic rings. The van der Waals surface area contributed by atoms with Gasteiger partial charge in [0.05, 0.1) is 30.5 Å². The Hall–Kier alpha value is -5.14. The van der Waals surface area contributed by atoms with Crippen LogP contribution in [0.25, 0.3) is 11.2 Å². The number of methoxy groups -OCH3 is 1. The SMILES string of the molecule is COc1cc(/C=N\Nc2ccc([N+](=O)[O-])cc2)ccc1Oc1nc2c(c(=O)n(C)c(=O)n2C)n1Cc1ccc(Cl)cc1Cl. The number of nitrogens with zero attached hydrogens (tertiary/aromatic N) is 6. The molecule has 2 heterocycles. The largest absolute Gasteiger partial charge is 0.493 e. The highest BCUT2D eigenvalue weighted by Gasteiger charge is 2.22. The van der Waals surface area contributed by atoms with Crippen molar-refractivity contribution in [3.05, 3.63) is 113 Å². The molecule has 0 aliphatic carbocycles. The van der Waals surface area contributed by atoms with Crippen LogP contribution < -0.4 is 26.1 Å². The number of rotatable bonds is 9. The maximum atomic E-state index is 13.2. The van der Waals surface area contributed by atoms with Crippen LogP contribution in [0.4, 0.5) is 11.4 Å². The first-order valence-corrected chi connectivity index (χ1v) is 13.3. The third-order valence-electron chi connectivity index (χ3n) is 6.53. The van der Waals surface area contributed by atoms with Gasteiger partial charge in [0.2, 0.25) is 0 Å². The minimum Gasteiger partial charge on any atom is -0.493 e. The van der Waals surface area contributed by atoms with Gasteiger partial charge >= 0.3 is 11.7 Å². The van der Waals surface area contributed by atoms with Crippen LogP contribution in [0.2, 0.25) is 10.0 Å². The van der Waals surface area contributed by atoms with Gasteiger partial charge in [-0.25, -0.2) is 4.79 Å². The first kappa shape index (κ1) is 29.4. The predicted octanol–water partition coefficient (Wildman–Crippen LogP) is 4.94. The lowest BCUT2D eigenvalue weighted by Crippen LogP contribution is -2.37. The molecule has 0 unspecified atom stereocenters. The van der Waals surface area contributed by atoms with E-state index in [9.17, 15) is 19.7 Å². The Kier molecular flexibility index (Phi) is 8.19. The Morgan fingerprint density at radius 2 is 1.77 bits per heavy atom. The van der Waals surface area contributed by atoms with E-state index in [2.05, 4.69) is 15.5 Å². The maximum Gasteiger partial charge on any atom is 0.332 e. The van der Waals surface area contributed by atoms with Crippen LogP contribution in [-0.4, -0.2) is 36.9 Å². The monoisotopic (exact) mass is 623 g/mol. The molecule has 0 saturated carbocycles. The third-order valence-corrected chi connectivity index (χ3v) is 7.12. The van der Waals surface area contributed by atoms with Crippen LogP contribution in [-0.2, 0) is 20.6 Å². The Balaban J connectivity index is 1.49. The summed E-state index contributed by atoms with van der Waals surface area (Å²) in [6.45, 7) is 0.0939. The van der Waals surface area contributed by atoms with Crippen LogP contribution in [0.15, 0.2) is 75.4 Å². The van der Waals surface area contributed by atoms with Crippen molar-refractivity contribution < 1.29 is 14.4 Å². The van der Waals surface area contributed by atoms with Crippen LogP contribution in [0.5, 0.6) is 17.5 Å². The summed E-state index contributed by atoms with van der Waals surface area (Å²) < 4.78 is 15.5. The van der Waals surface area contributed by atoms with E-state index in [1.54, 1.807) is 48.5 Å². The molecule has 43 heavy (non-hydrogen) atoms. The van der Waals surface area contributed by atoms with Crippen molar-refractivity contribution in [2.45, 2.75) is 6.54 Å². The molecule has 1 N–H and O–H groups in total. The number of non-ortho nitro benzene ring substituents is 1. The van der Waals surface area contributed by atoms with Gasteiger partial charge in [0.25, 0.3) is 11.2 Å². The van der Waals surface area contributed by atoms with Crippen molar-refractivity contribution in [3.8, 4) is 17.5 Å². The number of hydrogen-bond donors (Lipinski definition) is 1. The van der Waals surface area contributed by atoms with Crippen LogP contribution in [0.3, 0.4) is 0 Å². The highest BCUT2D eigenvalue weighted by Crippen LogP contribution is 2.34. The zero-order valence-corrected chi connectivity index (χ0v) is 24.5. The molecule has 13 nitrogen and oxygen atoms in total. The van der Waals surface area contributed by atoms with Crippen LogP contribution >= 0.6 is 23.2 Å². The molecular formula is C28H23Cl2N7O6. The highest BCUT2D eigenvalue weighted by atomic mass is 35.5. The molecule has 0 amide bonds. The lowest BCUT2D eigenvalue weighted by Gasteiger charge is -2.13. The van der Waals surface area contributed by atoms with Crippen molar-refractivity contribution in [3.63, 3.8) is 0 Å². The molecule has 0 saturated heterocycles. The van der Waals surface area contributed by atoms with E-state index in [1.165, 1.54) is 48.7 Å². The van der Waals surface area contributed by atoms with Crippen molar-refractivity contribution in [1.82, 2.24) is 18.7 Å². The van der Waals surface area contributed by atoms with Gasteiger partial charge in [-0.1, -0.05) is 29.3 Å². The maximum absolute atomic E-state index is 13.2. The minimum atomic E-state index is -0.551. The fraction of sp³-hybridized carbons (Fsp3) is 0.143. The first-order chi connectivity index (χ1) is 20.6. The average Bonchev–Trinajstić information content (AvgIpc) is 3.35. The summed E-state index contributed by atoms with van der Waals surface area (Å²) >= 11 is 12.5.